The number of ether oxygens (including phenoxy) is 1. The summed E-state index contributed by atoms with van der Waals surface area (Å²) in [6, 6.07) is 8.56. The van der Waals surface area contributed by atoms with Crippen LogP contribution in [0.1, 0.15) is 30.4 Å². The van der Waals surface area contributed by atoms with Gasteiger partial charge in [0.25, 0.3) is 0 Å². The molecule has 0 aromatic heterocycles. The van der Waals surface area contributed by atoms with E-state index in [1.165, 1.54) is 43.1 Å². The summed E-state index contributed by atoms with van der Waals surface area (Å²) < 4.78 is 5.06. The van der Waals surface area contributed by atoms with Crippen LogP contribution < -0.4 is 0 Å². The second kappa shape index (κ2) is 4.21. The normalized spacial score (nSPS) is 33.9. The molecule has 1 aromatic rings. The first-order valence-corrected chi connectivity index (χ1v) is 7.60. The van der Waals surface area contributed by atoms with Crippen molar-refractivity contribution >= 4 is 11.5 Å². The molecule has 0 N–H and O–H groups in total. The summed E-state index contributed by atoms with van der Waals surface area (Å²) in [5, 5.41) is 0. The third-order valence-corrected chi connectivity index (χ3v) is 5.61. The van der Waals surface area contributed by atoms with Crippen LogP contribution >= 0.6 is 0 Å². The minimum absolute atomic E-state index is 0.102. The van der Waals surface area contributed by atoms with Crippen LogP contribution in [0.4, 0.5) is 0 Å². The Kier molecular flexibility index (Phi) is 2.57. The smallest absolute Gasteiger partial charge is 0.334 e. The molecule has 0 radical (unpaired) electrons. The van der Waals surface area contributed by atoms with Gasteiger partial charge in [0.15, 0.2) is 0 Å². The summed E-state index contributed by atoms with van der Waals surface area (Å²) >= 11 is 0. The van der Waals surface area contributed by atoms with Crippen molar-refractivity contribution in [1.82, 2.24) is 0 Å². The van der Waals surface area contributed by atoms with Gasteiger partial charge in [-0.2, -0.15) is 0 Å². The first-order chi connectivity index (χ1) is 9.70. The Labute approximate surface area is 119 Å². The maximum atomic E-state index is 12.2. The lowest BCUT2D eigenvalue weighted by Gasteiger charge is -2.44. The van der Waals surface area contributed by atoms with Crippen LogP contribution in [0, 0.1) is 30.6 Å². The van der Waals surface area contributed by atoms with Crippen molar-refractivity contribution in [3.8, 4) is 0 Å². The highest BCUT2D eigenvalue weighted by molar-refractivity contribution is 6.03. The number of allylic oxidation sites excluding steroid dienone is 1. The first-order valence-electron chi connectivity index (χ1n) is 7.60. The van der Waals surface area contributed by atoms with Gasteiger partial charge in [-0.25, -0.2) is 4.79 Å². The number of fused-ring (bicyclic) bond motifs is 5. The summed E-state index contributed by atoms with van der Waals surface area (Å²) in [5.74, 6) is 2.53. The molecule has 2 fully saturated rings. The van der Waals surface area contributed by atoms with Crippen molar-refractivity contribution < 1.29 is 9.53 Å². The molecule has 20 heavy (non-hydrogen) atoms. The SMILES string of the molecule is COC(=O)C1=C(c2cccc(C)c2)[C@@H]2[C@H]3CC[C@H](C3)[C@H]12. The number of benzene rings is 1. The maximum absolute atomic E-state index is 12.2. The highest BCUT2D eigenvalue weighted by atomic mass is 16.5. The lowest BCUT2D eigenvalue weighted by molar-refractivity contribution is -0.137. The fraction of sp³-hybridized carbons (Fsp3) is 0.500. The predicted octanol–water partition coefficient (Wildman–Crippen LogP) is 3.60. The largest absolute Gasteiger partial charge is 0.466 e. The van der Waals surface area contributed by atoms with E-state index < -0.39 is 0 Å². The van der Waals surface area contributed by atoms with E-state index in [4.69, 9.17) is 4.74 Å². The second-order valence-corrected chi connectivity index (χ2v) is 6.57. The Bertz CT molecular complexity index is 614. The molecule has 104 valence electrons. The Balaban J connectivity index is 1.83. The van der Waals surface area contributed by atoms with E-state index in [1.54, 1.807) is 0 Å². The molecule has 2 saturated carbocycles. The summed E-state index contributed by atoms with van der Waals surface area (Å²) in [5.41, 5.74) is 4.76. The van der Waals surface area contributed by atoms with Crippen LogP contribution in [0.5, 0.6) is 0 Å². The van der Waals surface area contributed by atoms with Crippen molar-refractivity contribution in [2.45, 2.75) is 26.2 Å². The van der Waals surface area contributed by atoms with Crippen LogP contribution in [0.25, 0.3) is 5.57 Å². The summed E-state index contributed by atoms with van der Waals surface area (Å²) in [6.07, 6.45) is 3.95. The first kappa shape index (κ1) is 12.2. The molecule has 2 heteroatoms. The highest BCUT2D eigenvalue weighted by Gasteiger charge is 2.58. The highest BCUT2D eigenvalue weighted by Crippen LogP contribution is 2.66. The van der Waals surface area contributed by atoms with Crippen molar-refractivity contribution in [2.24, 2.45) is 23.7 Å². The van der Waals surface area contributed by atoms with Crippen molar-refractivity contribution in [3.05, 3.63) is 41.0 Å². The number of carbonyl (C=O) groups excluding carboxylic acids is 1. The zero-order valence-corrected chi connectivity index (χ0v) is 12.1. The number of rotatable bonds is 2. The quantitative estimate of drug-likeness (QED) is 0.766. The topological polar surface area (TPSA) is 26.3 Å². The van der Waals surface area contributed by atoms with E-state index in [-0.39, 0.29) is 5.97 Å². The predicted molar refractivity (Wildman–Crippen MR) is 77.9 cm³/mol. The molecule has 0 unspecified atom stereocenters. The molecule has 0 spiro atoms. The molecule has 0 heterocycles. The average Bonchev–Trinajstić information content (AvgIpc) is 2.96. The number of hydrogen-bond donors (Lipinski definition) is 0. The van der Waals surface area contributed by atoms with Crippen LogP contribution in [0.15, 0.2) is 29.8 Å². The molecular formula is C18H20O2. The number of hydrogen-bond acceptors (Lipinski definition) is 2. The van der Waals surface area contributed by atoms with Gasteiger partial charge < -0.3 is 4.74 Å². The summed E-state index contributed by atoms with van der Waals surface area (Å²) in [4.78, 5) is 12.2. The molecule has 2 nitrogen and oxygen atoms in total. The molecule has 0 aliphatic heterocycles. The standard InChI is InChI=1S/C18H20O2/c1-10-4-3-5-11(8-10)15-14-12-6-7-13(9-12)16(14)17(15)18(19)20-2/h3-5,8,12-14,16H,6-7,9H2,1-2H3/t12-,13+,14-,16-/m0/s1. The van der Waals surface area contributed by atoms with Gasteiger partial charge in [0.05, 0.1) is 7.11 Å². The van der Waals surface area contributed by atoms with Crippen LogP contribution in [0.2, 0.25) is 0 Å². The molecular weight excluding hydrogens is 248 g/mol. The lowest BCUT2D eigenvalue weighted by Crippen LogP contribution is -2.38. The zero-order valence-electron chi connectivity index (χ0n) is 12.1. The van der Waals surface area contributed by atoms with Crippen LogP contribution in [0.3, 0.4) is 0 Å². The average molecular weight is 268 g/mol. The van der Waals surface area contributed by atoms with Gasteiger partial charge in [-0.3, -0.25) is 0 Å². The van der Waals surface area contributed by atoms with Crippen LogP contribution in [-0.2, 0) is 9.53 Å². The third-order valence-electron chi connectivity index (χ3n) is 5.61. The Morgan fingerprint density at radius 3 is 2.65 bits per heavy atom. The van der Waals surface area contributed by atoms with E-state index in [0.717, 1.165) is 17.4 Å². The third kappa shape index (κ3) is 1.48. The minimum atomic E-state index is -0.102. The van der Waals surface area contributed by atoms with Crippen molar-refractivity contribution in [3.63, 3.8) is 0 Å². The Hall–Kier alpha value is -1.57. The van der Waals surface area contributed by atoms with Gasteiger partial charge in [0, 0.05) is 11.5 Å². The van der Waals surface area contributed by atoms with E-state index >= 15 is 0 Å². The molecule has 3 aliphatic rings. The van der Waals surface area contributed by atoms with Gasteiger partial charge in [0.1, 0.15) is 0 Å². The van der Waals surface area contributed by atoms with Gasteiger partial charge in [-0.05, 0) is 55.1 Å². The number of esters is 1. The van der Waals surface area contributed by atoms with Gasteiger partial charge in [0.2, 0.25) is 0 Å². The Morgan fingerprint density at radius 1 is 1.20 bits per heavy atom. The van der Waals surface area contributed by atoms with E-state index in [9.17, 15) is 4.79 Å². The number of aryl methyl sites for hydroxylation is 1. The number of methoxy groups -OCH3 is 1. The molecule has 0 saturated heterocycles. The van der Waals surface area contributed by atoms with Gasteiger partial charge in [-0.1, -0.05) is 29.8 Å². The van der Waals surface area contributed by atoms with E-state index in [2.05, 4.69) is 31.2 Å². The van der Waals surface area contributed by atoms with Crippen LogP contribution in [-0.4, -0.2) is 13.1 Å². The molecule has 0 amide bonds. The van der Waals surface area contributed by atoms with Crippen molar-refractivity contribution in [2.75, 3.05) is 7.11 Å². The molecule has 2 bridgehead atoms. The van der Waals surface area contributed by atoms with E-state index in [0.29, 0.717) is 11.8 Å². The lowest BCUT2D eigenvalue weighted by atomic mass is 9.59. The molecule has 1 aromatic carbocycles. The molecule has 3 aliphatic carbocycles. The zero-order chi connectivity index (χ0) is 13.9. The van der Waals surface area contributed by atoms with E-state index in [1.807, 2.05) is 0 Å². The monoisotopic (exact) mass is 268 g/mol. The summed E-state index contributed by atoms with van der Waals surface area (Å²) in [6.45, 7) is 2.11. The maximum Gasteiger partial charge on any atom is 0.334 e. The molecule has 4 rings (SSSR count). The van der Waals surface area contributed by atoms with Gasteiger partial charge in [-0.15, -0.1) is 0 Å². The van der Waals surface area contributed by atoms with Crippen molar-refractivity contribution in [1.29, 1.82) is 0 Å². The second-order valence-electron chi connectivity index (χ2n) is 6.57. The minimum Gasteiger partial charge on any atom is -0.466 e. The van der Waals surface area contributed by atoms with Gasteiger partial charge >= 0.3 is 5.97 Å². The number of carbonyl (C=O) groups is 1. The fourth-order valence-corrected chi connectivity index (χ4v) is 4.90. The summed E-state index contributed by atoms with van der Waals surface area (Å²) in [7, 11) is 1.50. The fourth-order valence-electron chi connectivity index (χ4n) is 4.90. The molecule has 4 atom stereocenters. The Morgan fingerprint density at radius 2 is 1.95 bits per heavy atom.